The Morgan fingerprint density at radius 2 is 1.94 bits per heavy atom. The predicted molar refractivity (Wildman–Crippen MR) is 69.0 cm³/mol. The predicted octanol–water partition coefficient (Wildman–Crippen LogP) is 1.95. The van der Waals surface area contributed by atoms with Gasteiger partial charge in [0.1, 0.15) is 5.84 Å². The maximum atomic E-state index is 4.12. The van der Waals surface area contributed by atoms with Crippen molar-refractivity contribution in [2.24, 2.45) is 4.99 Å². The molecule has 1 aliphatic heterocycles. The first-order valence-electron chi connectivity index (χ1n) is 5.25. The topological polar surface area (TPSA) is 18.8 Å². The molecule has 0 aromatic heterocycles. The van der Waals surface area contributed by atoms with Crippen molar-refractivity contribution >= 4 is 17.2 Å². The molecule has 0 saturated carbocycles. The molecule has 1 aromatic rings. The molecule has 0 bridgehead atoms. The van der Waals surface area contributed by atoms with Gasteiger partial charge >= 0.3 is 0 Å². The second-order valence-corrected chi connectivity index (χ2v) is 3.94. The molecule has 3 heteroatoms. The van der Waals surface area contributed by atoms with Crippen LogP contribution in [0.25, 0.3) is 0 Å². The zero-order valence-electron chi connectivity index (χ0n) is 9.86. The molecule has 82 valence electrons. The van der Waals surface area contributed by atoms with Gasteiger partial charge in [0.15, 0.2) is 0 Å². The van der Waals surface area contributed by atoms with Gasteiger partial charge in [0.2, 0.25) is 0 Å². The zero-order chi connectivity index (χ0) is 11.5. The summed E-state index contributed by atoms with van der Waals surface area (Å²) in [5.74, 6) is 3.93. The van der Waals surface area contributed by atoms with Crippen LogP contribution in [0, 0.1) is 12.0 Å². The lowest BCUT2D eigenvalue weighted by molar-refractivity contribution is 1.11. The van der Waals surface area contributed by atoms with E-state index in [-0.39, 0.29) is 0 Å². The van der Waals surface area contributed by atoms with Gasteiger partial charge in [-0.25, -0.2) is 0 Å². The minimum Gasteiger partial charge on any atom is -0.378 e. The molecule has 0 saturated heterocycles. The summed E-state index contributed by atoms with van der Waals surface area (Å²) in [5, 5.41) is 0. The van der Waals surface area contributed by atoms with E-state index >= 15 is 0 Å². The molecular weight excluding hydrogens is 198 g/mol. The Hall–Kier alpha value is -1.95. The minimum absolute atomic E-state index is 0.719. The number of hydrogen-bond acceptors (Lipinski definition) is 3. The zero-order valence-corrected chi connectivity index (χ0v) is 9.86. The van der Waals surface area contributed by atoms with Crippen molar-refractivity contribution in [2.45, 2.75) is 6.92 Å². The third-order valence-corrected chi connectivity index (χ3v) is 2.60. The second kappa shape index (κ2) is 4.28. The van der Waals surface area contributed by atoms with Gasteiger partial charge in [-0.1, -0.05) is 5.92 Å². The number of nitrogens with zero attached hydrogens (tertiary/aromatic N) is 3. The summed E-state index contributed by atoms with van der Waals surface area (Å²) in [7, 11) is 4.07. The minimum atomic E-state index is 0.719. The normalized spacial score (nSPS) is 13.9. The van der Waals surface area contributed by atoms with E-state index in [9.17, 15) is 0 Å². The number of anilines is 2. The molecule has 1 heterocycles. The van der Waals surface area contributed by atoms with Gasteiger partial charge in [0, 0.05) is 31.5 Å². The lowest BCUT2D eigenvalue weighted by atomic mass is 10.2. The first-order valence-corrected chi connectivity index (χ1v) is 5.25. The third kappa shape index (κ3) is 2.01. The molecule has 0 amide bonds. The van der Waals surface area contributed by atoms with E-state index in [1.54, 1.807) is 0 Å². The Balaban J connectivity index is 2.23. The monoisotopic (exact) mass is 213 g/mol. The summed E-state index contributed by atoms with van der Waals surface area (Å²) < 4.78 is 0. The lowest BCUT2D eigenvalue weighted by Crippen LogP contribution is -2.30. The molecule has 2 rings (SSSR count). The Labute approximate surface area is 96.4 Å². The fraction of sp³-hybridized carbons (Fsp3) is 0.308. The number of benzene rings is 1. The molecule has 0 radical (unpaired) electrons. The average Bonchev–Trinajstić information content (AvgIpc) is 2.30. The first-order chi connectivity index (χ1) is 7.68. The van der Waals surface area contributed by atoms with Gasteiger partial charge in [-0.05, 0) is 31.2 Å². The number of rotatable bonds is 2. The molecule has 16 heavy (non-hydrogen) atoms. The van der Waals surface area contributed by atoms with E-state index in [1.165, 1.54) is 5.69 Å². The fourth-order valence-corrected chi connectivity index (χ4v) is 1.62. The number of amidine groups is 1. The second-order valence-electron chi connectivity index (χ2n) is 3.94. The smallest absolute Gasteiger partial charge is 0.117 e. The van der Waals surface area contributed by atoms with E-state index in [0.717, 1.165) is 18.1 Å². The van der Waals surface area contributed by atoms with Gasteiger partial charge in [-0.3, -0.25) is 0 Å². The highest BCUT2D eigenvalue weighted by molar-refractivity contribution is 5.97. The third-order valence-electron chi connectivity index (χ3n) is 2.60. The summed E-state index contributed by atoms with van der Waals surface area (Å²) >= 11 is 0. The molecule has 0 aliphatic carbocycles. The molecule has 0 fully saturated rings. The van der Waals surface area contributed by atoms with E-state index < -0.39 is 0 Å². The van der Waals surface area contributed by atoms with Crippen molar-refractivity contribution in [3.8, 4) is 12.0 Å². The summed E-state index contributed by atoms with van der Waals surface area (Å²) in [4.78, 5) is 8.31. The average molecular weight is 213 g/mol. The van der Waals surface area contributed by atoms with Gasteiger partial charge in [-0.15, -0.1) is 0 Å². The van der Waals surface area contributed by atoms with Crippen LogP contribution >= 0.6 is 0 Å². The quantitative estimate of drug-likeness (QED) is 0.699. The van der Waals surface area contributed by atoms with Crippen molar-refractivity contribution in [1.82, 2.24) is 0 Å². The summed E-state index contributed by atoms with van der Waals surface area (Å²) in [6.07, 6.45) is 0. The van der Waals surface area contributed by atoms with Crippen LogP contribution in [0.15, 0.2) is 29.3 Å². The highest BCUT2D eigenvalue weighted by Crippen LogP contribution is 2.20. The van der Waals surface area contributed by atoms with Gasteiger partial charge < -0.3 is 9.80 Å². The number of aliphatic imine (C=N–C) groups is 1. The van der Waals surface area contributed by atoms with Crippen molar-refractivity contribution in [1.29, 1.82) is 0 Å². The molecule has 1 aromatic carbocycles. The first kappa shape index (κ1) is 10.6. The van der Waals surface area contributed by atoms with Crippen LogP contribution in [-0.4, -0.2) is 26.5 Å². The van der Waals surface area contributed by atoms with Crippen molar-refractivity contribution in [3.05, 3.63) is 24.3 Å². The molecule has 1 aliphatic rings. The highest BCUT2D eigenvalue weighted by atomic mass is 15.2. The Morgan fingerprint density at radius 3 is 2.50 bits per heavy atom. The van der Waals surface area contributed by atoms with Crippen molar-refractivity contribution in [2.75, 3.05) is 30.4 Å². The van der Waals surface area contributed by atoms with Gasteiger partial charge in [0.05, 0.1) is 6.54 Å². The highest BCUT2D eigenvalue weighted by Gasteiger charge is 2.10. The Morgan fingerprint density at radius 1 is 1.25 bits per heavy atom. The molecule has 0 atom stereocenters. The maximum absolute atomic E-state index is 4.12. The van der Waals surface area contributed by atoms with E-state index in [4.69, 9.17) is 0 Å². The summed E-state index contributed by atoms with van der Waals surface area (Å²) in [5.41, 5.74) is 2.34. The van der Waals surface area contributed by atoms with Crippen LogP contribution in [0.4, 0.5) is 11.4 Å². The molecule has 0 unspecified atom stereocenters. The van der Waals surface area contributed by atoms with Crippen LogP contribution in [0.3, 0.4) is 0 Å². The standard InChI is InChI=1S/C13H15N3/c1-11-14-9-4-10-16(11)13-7-5-12(6-8-13)15(2)3/h5-8H,10H2,1-3H3. The Kier molecular flexibility index (Phi) is 2.82. The van der Waals surface area contributed by atoms with Crippen LogP contribution in [-0.2, 0) is 0 Å². The fourth-order valence-electron chi connectivity index (χ4n) is 1.62. The maximum Gasteiger partial charge on any atom is 0.117 e. The summed E-state index contributed by atoms with van der Waals surface area (Å²) in [6, 6.07) is 11.2. The van der Waals surface area contributed by atoms with Crippen LogP contribution in [0.2, 0.25) is 0 Å². The number of hydrogen-bond donors (Lipinski definition) is 0. The van der Waals surface area contributed by atoms with E-state index in [2.05, 4.69) is 51.0 Å². The van der Waals surface area contributed by atoms with Crippen molar-refractivity contribution < 1.29 is 0 Å². The molecule has 0 spiro atoms. The molecular formula is C13H15N3. The SMILES string of the molecule is CC1=NC#CCN1c1ccc(N(C)C)cc1. The van der Waals surface area contributed by atoms with Gasteiger partial charge in [-0.2, -0.15) is 4.99 Å². The van der Waals surface area contributed by atoms with Crippen LogP contribution < -0.4 is 9.80 Å². The molecule has 0 N–H and O–H groups in total. The Bertz CT molecular complexity index is 460. The largest absolute Gasteiger partial charge is 0.378 e. The van der Waals surface area contributed by atoms with Gasteiger partial charge in [0.25, 0.3) is 0 Å². The summed E-state index contributed by atoms with van der Waals surface area (Å²) in [6.45, 7) is 2.70. The van der Waals surface area contributed by atoms with Crippen molar-refractivity contribution in [3.63, 3.8) is 0 Å². The lowest BCUT2D eigenvalue weighted by Gasteiger charge is -2.23. The molecule has 3 nitrogen and oxygen atoms in total. The van der Waals surface area contributed by atoms with E-state index in [1.807, 2.05) is 21.0 Å². The van der Waals surface area contributed by atoms with Crippen LogP contribution in [0.5, 0.6) is 0 Å². The van der Waals surface area contributed by atoms with Crippen LogP contribution in [0.1, 0.15) is 6.92 Å². The van der Waals surface area contributed by atoms with E-state index in [0.29, 0.717) is 0 Å².